The zero-order valence-electron chi connectivity index (χ0n) is 20.6. The Morgan fingerprint density at radius 1 is 1.26 bits per heavy atom. The maximum absolute atomic E-state index is 13.6. The smallest absolute Gasteiger partial charge is 0.282 e. The number of rotatable bonds is 12. The maximum Gasteiger partial charge on any atom is 0.282 e. The highest BCUT2D eigenvalue weighted by molar-refractivity contribution is 7.92. The number of nitrogens with one attached hydrogen (secondary N) is 1. The van der Waals surface area contributed by atoms with Gasteiger partial charge in [0.15, 0.2) is 5.69 Å². The Balaban J connectivity index is 1.94. The summed E-state index contributed by atoms with van der Waals surface area (Å²) < 4.78 is 40.3. The number of aromatic hydroxyl groups is 1. The molecular weight excluding hydrogens is 474 g/mol. The van der Waals surface area contributed by atoms with Crippen molar-refractivity contribution >= 4 is 15.7 Å². The number of hydrogen-bond donors (Lipinski definition) is 2. The molecule has 0 unspecified atom stereocenters. The molecule has 0 radical (unpaired) electrons. The molecule has 3 heterocycles. The third-order valence-electron chi connectivity index (χ3n) is 6.09. The second-order valence-electron chi connectivity index (χ2n) is 8.83. The molecule has 1 saturated heterocycles. The van der Waals surface area contributed by atoms with E-state index in [9.17, 15) is 18.3 Å². The van der Waals surface area contributed by atoms with Crippen LogP contribution in [0.2, 0.25) is 0 Å². The van der Waals surface area contributed by atoms with Crippen molar-refractivity contribution in [3.8, 4) is 5.88 Å². The molecule has 35 heavy (non-hydrogen) atoms. The average Bonchev–Trinajstić information content (AvgIpc) is 2.84. The second-order valence-corrected chi connectivity index (χ2v) is 10.7. The van der Waals surface area contributed by atoms with Crippen LogP contribution in [0.3, 0.4) is 0 Å². The molecule has 3 rings (SSSR count). The minimum Gasteiger partial charge on any atom is -0.492 e. The van der Waals surface area contributed by atoms with Gasteiger partial charge in [-0.2, -0.15) is 4.98 Å². The first-order valence-electron chi connectivity index (χ1n) is 11.9. The van der Waals surface area contributed by atoms with Crippen molar-refractivity contribution in [2.75, 3.05) is 37.4 Å². The normalized spacial score (nSPS) is 15.7. The summed E-state index contributed by atoms with van der Waals surface area (Å²) in [6.45, 7) is 5.27. The molecule has 1 aliphatic rings. The molecule has 194 valence electrons. The van der Waals surface area contributed by atoms with Crippen LogP contribution in [0.15, 0.2) is 17.2 Å². The van der Waals surface area contributed by atoms with Crippen molar-refractivity contribution < 1.29 is 23.0 Å². The summed E-state index contributed by atoms with van der Waals surface area (Å²) in [7, 11) is -2.43. The van der Waals surface area contributed by atoms with Gasteiger partial charge in [0.1, 0.15) is 11.6 Å². The van der Waals surface area contributed by atoms with Gasteiger partial charge in [-0.3, -0.25) is 14.1 Å². The molecule has 2 aromatic heterocycles. The Hall–Kier alpha value is -2.57. The molecule has 0 bridgehead atoms. The Labute approximate surface area is 206 Å². The highest BCUT2D eigenvalue weighted by atomic mass is 32.2. The topological polar surface area (TPSA) is 146 Å². The van der Waals surface area contributed by atoms with E-state index in [1.165, 1.54) is 4.57 Å². The van der Waals surface area contributed by atoms with E-state index >= 15 is 0 Å². The number of unbranched alkanes of at least 4 members (excludes halogenated alkanes) is 1. The summed E-state index contributed by atoms with van der Waals surface area (Å²) in [6, 6.07) is -0.361. The van der Waals surface area contributed by atoms with Crippen molar-refractivity contribution in [3.63, 3.8) is 0 Å². The molecule has 2 N–H and O–H groups in total. The van der Waals surface area contributed by atoms with Gasteiger partial charge in [0.05, 0.1) is 18.4 Å². The van der Waals surface area contributed by atoms with E-state index in [0.29, 0.717) is 31.3 Å². The first kappa shape index (κ1) is 27.0. The zero-order valence-corrected chi connectivity index (χ0v) is 21.4. The molecule has 0 amide bonds. The van der Waals surface area contributed by atoms with Crippen molar-refractivity contribution in [2.24, 2.45) is 5.92 Å². The van der Waals surface area contributed by atoms with Crippen LogP contribution in [-0.4, -0.2) is 65.7 Å². The van der Waals surface area contributed by atoms with Crippen LogP contribution in [0.4, 0.5) is 5.69 Å². The highest BCUT2D eigenvalue weighted by Crippen LogP contribution is 2.30. The number of nitrogens with zero attached hydrogens (tertiary/aromatic N) is 4. The first-order chi connectivity index (χ1) is 16.8. The van der Waals surface area contributed by atoms with E-state index in [0.717, 1.165) is 31.2 Å². The zero-order chi connectivity index (χ0) is 25.4. The van der Waals surface area contributed by atoms with E-state index in [4.69, 9.17) is 9.47 Å². The summed E-state index contributed by atoms with van der Waals surface area (Å²) in [6.07, 6.45) is 6.87. The lowest BCUT2D eigenvalue weighted by Gasteiger charge is -2.32. The van der Waals surface area contributed by atoms with Crippen LogP contribution in [0, 0.1) is 12.8 Å². The monoisotopic (exact) mass is 509 g/mol. The molecule has 0 aliphatic carbocycles. The molecule has 0 aromatic carbocycles. The number of aromatic nitrogens is 4. The fraction of sp³-hybridized carbons (Fsp3) is 0.652. The van der Waals surface area contributed by atoms with Crippen LogP contribution >= 0.6 is 0 Å². The van der Waals surface area contributed by atoms with Crippen molar-refractivity contribution in [2.45, 2.75) is 58.4 Å². The van der Waals surface area contributed by atoms with Crippen molar-refractivity contribution in [1.82, 2.24) is 19.5 Å². The fourth-order valence-corrected chi connectivity index (χ4v) is 5.22. The van der Waals surface area contributed by atoms with Crippen LogP contribution in [0.5, 0.6) is 5.88 Å². The molecule has 2 aromatic rings. The highest BCUT2D eigenvalue weighted by Gasteiger charge is 2.31. The molecule has 1 aliphatic heterocycles. The van der Waals surface area contributed by atoms with Gasteiger partial charge in [-0.05, 0) is 37.7 Å². The van der Waals surface area contributed by atoms with E-state index in [1.807, 2.05) is 13.8 Å². The summed E-state index contributed by atoms with van der Waals surface area (Å²) in [5, 5.41) is 10.6. The summed E-state index contributed by atoms with van der Waals surface area (Å²) >= 11 is 0. The largest absolute Gasteiger partial charge is 0.492 e. The van der Waals surface area contributed by atoms with Gasteiger partial charge in [0.2, 0.25) is 15.9 Å². The van der Waals surface area contributed by atoms with Crippen molar-refractivity contribution in [3.05, 3.63) is 40.0 Å². The van der Waals surface area contributed by atoms with Gasteiger partial charge in [0.25, 0.3) is 5.56 Å². The SMILES string of the molecule is CCCCc1nc(O)c(NS(=O)(=O)CCc2ncc(C)cn2)c(=O)n1[C@H](COC)C1CCOCC1. The fourth-order valence-electron chi connectivity index (χ4n) is 4.18. The van der Waals surface area contributed by atoms with E-state index in [-0.39, 0.29) is 30.7 Å². The Kier molecular flexibility index (Phi) is 9.58. The standard InChI is InChI=1S/C23H35N5O6S/c1-4-5-6-20-26-22(29)21(27-35(31,32)12-9-19-24-13-16(2)14-25-19)23(30)28(20)18(15-33-3)17-7-10-34-11-8-17/h13-14,17-18,27,29H,4-12,15H2,1-3H3/t18-/m1/s1. The number of anilines is 1. The number of methoxy groups -OCH3 is 1. The molecular formula is C23H35N5O6S. The average molecular weight is 510 g/mol. The van der Waals surface area contributed by atoms with Gasteiger partial charge < -0.3 is 14.6 Å². The quantitative estimate of drug-likeness (QED) is 0.438. The number of ether oxygens (including phenoxy) is 2. The van der Waals surface area contributed by atoms with Crippen molar-refractivity contribution in [1.29, 1.82) is 0 Å². The van der Waals surface area contributed by atoms with Gasteiger partial charge in [-0.1, -0.05) is 13.3 Å². The molecule has 0 spiro atoms. The Morgan fingerprint density at radius 2 is 1.94 bits per heavy atom. The van der Waals surface area contributed by atoms with E-state index in [2.05, 4.69) is 19.7 Å². The number of aryl methyl sites for hydroxylation is 3. The lowest BCUT2D eigenvalue weighted by molar-refractivity contribution is 0.0272. The van der Waals surface area contributed by atoms with Gasteiger partial charge in [0, 0.05) is 45.6 Å². The maximum atomic E-state index is 13.6. The minimum atomic E-state index is -3.99. The van der Waals surface area contributed by atoms with Crippen LogP contribution < -0.4 is 10.3 Å². The van der Waals surface area contributed by atoms with E-state index in [1.54, 1.807) is 19.5 Å². The lowest BCUT2D eigenvalue weighted by Crippen LogP contribution is -2.39. The number of hydrogen-bond acceptors (Lipinski definition) is 9. The summed E-state index contributed by atoms with van der Waals surface area (Å²) in [4.78, 5) is 26.1. The van der Waals surface area contributed by atoms with Crippen LogP contribution in [0.1, 0.15) is 55.9 Å². The predicted octanol–water partition coefficient (Wildman–Crippen LogP) is 1.99. The van der Waals surface area contributed by atoms with Crippen LogP contribution in [-0.2, 0) is 32.3 Å². The number of sulfonamides is 1. The third kappa shape index (κ3) is 7.21. The minimum absolute atomic E-state index is 0.0565. The molecule has 12 heteroatoms. The lowest BCUT2D eigenvalue weighted by atomic mass is 9.91. The van der Waals surface area contributed by atoms with E-state index < -0.39 is 27.1 Å². The Morgan fingerprint density at radius 3 is 2.57 bits per heavy atom. The molecule has 1 atom stereocenters. The Bertz CT molecular complexity index is 1130. The van der Waals surface area contributed by atoms with Gasteiger partial charge in [-0.15, -0.1) is 0 Å². The summed E-state index contributed by atoms with van der Waals surface area (Å²) in [5.74, 6) is -0.102. The molecule has 11 nitrogen and oxygen atoms in total. The molecule has 1 fully saturated rings. The van der Waals surface area contributed by atoms with Gasteiger partial charge >= 0.3 is 0 Å². The van der Waals surface area contributed by atoms with Crippen LogP contribution in [0.25, 0.3) is 0 Å². The summed E-state index contributed by atoms with van der Waals surface area (Å²) in [5.41, 5.74) is -0.222. The molecule has 0 saturated carbocycles. The first-order valence-corrected chi connectivity index (χ1v) is 13.6. The van der Waals surface area contributed by atoms with Gasteiger partial charge in [-0.25, -0.2) is 18.4 Å². The second kappa shape index (κ2) is 12.4. The predicted molar refractivity (Wildman–Crippen MR) is 131 cm³/mol. The third-order valence-corrected chi connectivity index (χ3v) is 7.35.